The number of rotatable bonds is 0. The van der Waals surface area contributed by atoms with E-state index in [1.807, 2.05) is 22.9 Å². The maximum Gasteiger partial charge on any atom is 0.0582 e. The van der Waals surface area contributed by atoms with Gasteiger partial charge >= 0.3 is 0 Å². The van der Waals surface area contributed by atoms with E-state index in [2.05, 4.69) is 22.4 Å². The van der Waals surface area contributed by atoms with Gasteiger partial charge in [-0.2, -0.15) is 11.3 Å². The SMILES string of the molecule is CN=C=S.c1ccsc1. The highest BCUT2D eigenvalue weighted by molar-refractivity contribution is 7.78. The molecule has 0 aliphatic heterocycles. The lowest BCUT2D eigenvalue weighted by Crippen LogP contribution is -1.33. The predicted octanol–water partition coefficient (Wildman–Crippen LogP) is 2.47. The van der Waals surface area contributed by atoms with Crippen LogP contribution >= 0.6 is 23.6 Å². The van der Waals surface area contributed by atoms with Gasteiger partial charge in [0.15, 0.2) is 0 Å². The molecule has 0 aliphatic rings. The third-order valence-electron chi connectivity index (χ3n) is 0.517. The lowest BCUT2D eigenvalue weighted by Gasteiger charge is -1.39. The Kier molecular flexibility index (Phi) is 7.08. The zero-order valence-electron chi connectivity index (χ0n) is 5.07. The zero-order chi connectivity index (χ0) is 6.95. The molecule has 48 valence electrons. The van der Waals surface area contributed by atoms with Crippen molar-refractivity contribution >= 4 is 28.7 Å². The minimum Gasteiger partial charge on any atom is -0.236 e. The Balaban J connectivity index is 0.000000148. The fourth-order valence-corrected chi connectivity index (χ4v) is 0.680. The molecule has 0 aromatic carbocycles. The molecule has 0 N–H and O–H groups in total. The van der Waals surface area contributed by atoms with Crippen LogP contribution in [0.5, 0.6) is 0 Å². The molecule has 0 saturated carbocycles. The molecule has 1 heterocycles. The summed E-state index contributed by atoms with van der Waals surface area (Å²) in [6, 6.07) is 4.04. The Labute approximate surface area is 64.1 Å². The van der Waals surface area contributed by atoms with Crippen LogP contribution in [-0.2, 0) is 0 Å². The van der Waals surface area contributed by atoms with Gasteiger partial charge in [0.2, 0.25) is 0 Å². The molecular weight excluding hydrogens is 150 g/mol. The number of thiophene rings is 1. The smallest absolute Gasteiger partial charge is 0.0582 e. The van der Waals surface area contributed by atoms with Crippen molar-refractivity contribution in [3.63, 3.8) is 0 Å². The molecule has 0 amide bonds. The lowest BCUT2D eigenvalue weighted by molar-refractivity contribution is 1.49. The van der Waals surface area contributed by atoms with Gasteiger partial charge in [-0.15, -0.1) is 0 Å². The maximum absolute atomic E-state index is 4.14. The number of nitrogens with zero attached hydrogens (tertiary/aromatic N) is 1. The van der Waals surface area contributed by atoms with Gasteiger partial charge in [0.05, 0.1) is 5.16 Å². The van der Waals surface area contributed by atoms with Crippen molar-refractivity contribution in [2.75, 3.05) is 7.05 Å². The Morgan fingerprint density at radius 3 is 2.00 bits per heavy atom. The average molecular weight is 157 g/mol. The Bertz CT molecular complexity index is 146. The third-order valence-corrected chi connectivity index (χ3v) is 1.33. The van der Waals surface area contributed by atoms with Crippen molar-refractivity contribution in [3.8, 4) is 0 Å². The summed E-state index contributed by atoms with van der Waals surface area (Å²) >= 11 is 5.85. The van der Waals surface area contributed by atoms with Crippen LogP contribution in [-0.4, -0.2) is 12.2 Å². The van der Waals surface area contributed by atoms with Crippen molar-refractivity contribution in [2.45, 2.75) is 0 Å². The second-order valence-corrected chi connectivity index (χ2v) is 2.11. The van der Waals surface area contributed by atoms with Crippen molar-refractivity contribution in [2.24, 2.45) is 4.99 Å². The molecular formula is C6H7NS2. The Hall–Kier alpha value is -0.500. The highest BCUT2D eigenvalue weighted by atomic mass is 32.1. The molecule has 0 unspecified atom stereocenters. The minimum absolute atomic E-state index is 1.59. The summed E-state index contributed by atoms with van der Waals surface area (Å²) in [6.07, 6.45) is 0. The summed E-state index contributed by atoms with van der Waals surface area (Å²) in [6.45, 7) is 0. The van der Waals surface area contributed by atoms with E-state index >= 15 is 0 Å². The summed E-state index contributed by atoms with van der Waals surface area (Å²) in [5.74, 6) is 0. The molecule has 9 heavy (non-hydrogen) atoms. The van der Waals surface area contributed by atoms with Gasteiger partial charge in [-0.1, -0.05) is 12.1 Å². The molecule has 0 bridgehead atoms. The summed E-state index contributed by atoms with van der Waals surface area (Å²) in [5, 5.41) is 6.22. The van der Waals surface area contributed by atoms with E-state index in [1.165, 1.54) is 0 Å². The molecule has 0 fully saturated rings. The van der Waals surface area contributed by atoms with Crippen molar-refractivity contribution in [1.29, 1.82) is 0 Å². The van der Waals surface area contributed by atoms with E-state index in [-0.39, 0.29) is 0 Å². The Morgan fingerprint density at radius 2 is 1.89 bits per heavy atom. The van der Waals surface area contributed by atoms with Crippen molar-refractivity contribution in [1.82, 2.24) is 0 Å². The van der Waals surface area contributed by atoms with Gasteiger partial charge in [-0.3, -0.25) is 0 Å². The second kappa shape index (κ2) is 7.50. The third kappa shape index (κ3) is 7.50. The van der Waals surface area contributed by atoms with Crippen molar-refractivity contribution < 1.29 is 0 Å². The van der Waals surface area contributed by atoms with Gasteiger partial charge in [-0.05, 0) is 23.0 Å². The predicted molar refractivity (Wildman–Crippen MR) is 45.3 cm³/mol. The summed E-state index contributed by atoms with van der Waals surface area (Å²) < 4.78 is 0. The van der Waals surface area contributed by atoms with Crippen LogP contribution in [0.15, 0.2) is 27.9 Å². The first kappa shape index (κ1) is 8.50. The molecule has 1 rings (SSSR count). The first-order chi connectivity index (χ1) is 4.41. The summed E-state index contributed by atoms with van der Waals surface area (Å²) in [7, 11) is 1.59. The van der Waals surface area contributed by atoms with Gasteiger partial charge in [0.25, 0.3) is 0 Å². The lowest BCUT2D eigenvalue weighted by atomic mass is 10.7. The molecule has 3 heteroatoms. The summed E-state index contributed by atoms with van der Waals surface area (Å²) in [4.78, 5) is 3.30. The van der Waals surface area contributed by atoms with Crippen molar-refractivity contribution in [3.05, 3.63) is 22.9 Å². The van der Waals surface area contributed by atoms with Gasteiger partial charge in [0, 0.05) is 7.05 Å². The van der Waals surface area contributed by atoms with Gasteiger partial charge < -0.3 is 0 Å². The van der Waals surface area contributed by atoms with E-state index < -0.39 is 0 Å². The average Bonchev–Trinajstić information content (AvgIpc) is 2.43. The molecule has 1 nitrogen and oxygen atoms in total. The molecule has 1 aromatic heterocycles. The van der Waals surface area contributed by atoms with Crippen LogP contribution in [0.25, 0.3) is 0 Å². The van der Waals surface area contributed by atoms with Crippen LogP contribution in [0.2, 0.25) is 0 Å². The topological polar surface area (TPSA) is 12.4 Å². The highest BCUT2D eigenvalue weighted by Gasteiger charge is 1.58. The van der Waals surface area contributed by atoms with E-state index in [9.17, 15) is 0 Å². The monoisotopic (exact) mass is 157 g/mol. The van der Waals surface area contributed by atoms with Gasteiger partial charge in [-0.25, -0.2) is 4.99 Å². The van der Waals surface area contributed by atoms with Crippen LogP contribution in [0.1, 0.15) is 0 Å². The van der Waals surface area contributed by atoms with Crippen LogP contribution in [0.4, 0.5) is 0 Å². The number of hydrogen-bond donors (Lipinski definition) is 0. The molecule has 0 atom stereocenters. The fourth-order valence-electron chi connectivity index (χ4n) is 0.227. The number of hydrogen-bond acceptors (Lipinski definition) is 3. The fraction of sp³-hybridized carbons (Fsp3) is 0.167. The number of isothiocyanates is 1. The first-order valence-electron chi connectivity index (χ1n) is 2.35. The normalized spacial score (nSPS) is 6.33. The Morgan fingerprint density at radius 1 is 1.44 bits per heavy atom. The van der Waals surface area contributed by atoms with Crippen LogP contribution in [0.3, 0.4) is 0 Å². The highest BCUT2D eigenvalue weighted by Crippen LogP contribution is 1.91. The second-order valence-electron chi connectivity index (χ2n) is 1.11. The molecule has 1 aromatic rings. The van der Waals surface area contributed by atoms with Crippen LogP contribution in [0, 0.1) is 0 Å². The van der Waals surface area contributed by atoms with E-state index in [4.69, 9.17) is 0 Å². The van der Waals surface area contributed by atoms with E-state index in [0.29, 0.717) is 0 Å². The zero-order valence-corrected chi connectivity index (χ0v) is 6.71. The molecule has 0 aliphatic carbocycles. The molecule has 0 saturated heterocycles. The first-order valence-corrected chi connectivity index (χ1v) is 3.70. The molecule has 0 spiro atoms. The van der Waals surface area contributed by atoms with E-state index in [1.54, 1.807) is 18.4 Å². The largest absolute Gasteiger partial charge is 0.236 e. The maximum atomic E-state index is 4.14. The standard InChI is InChI=1S/C4H4S.C2H3NS/c1-2-4-5-3-1;1-3-2-4/h1-4H;1H3. The minimum atomic E-state index is 1.59. The summed E-state index contributed by atoms with van der Waals surface area (Å²) in [5.41, 5.74) is 0. The van der Waals surface area contributed by atoms with Crippen LogP contribution < -0.4 is 0 Å². The van der Waals surface area contributed by atoms with E-state index in [0.717, 1.165) is 0 Å². The number of thiocarbonyl (C=S) groups is 1. The number of aliphatic imine (C=N–C) groups is 1. The van der Waals surface area contributed by atoms with Gasteiger partial charge in [0.1, 0.15) is 0 Å². The molecule has 0 radical (unpaired) electrons. The quantitative estimate of drug-likeness (QED) is 0.416.